The molecule has 1 aromatic heterocycles. The first kappa shape index (κ1) is 15.8. The second kappa shape index (κ2) is 6.91. The van der Waals surface area contributed by atoms with Crippen molar-refractivity contribution in [3.05, 3.63) is 51.1 Å². The maximum Gasteiger partial charge on any atom is 0.257 e. The van der Waals surface area contributed by atoms with Gasteiger partial charge in [0, 0.05) is 17.2 Å². The summed E-state index contributed by atoms with van der Waals surface area (Å²) in [4.78, 5) is 16.4. The highest BCUT2D eigenvalue weighted by Gasteiger charge is 2.12. The lowest BCUT2D eigenvalue weighted by atomic mass is 10.2. The fourth-order valence-corrected chi connectivity index (χ4v) is 2.39. The molecule has 0 saturated heterocycles. The number of carbonyl (C=O) groups is 1. The van der Waals surface area contributed by atoms with Gasteiger partial charge in [0.05, 0.1) is 16.3 Å². The third-order valence-corrected chi connectivity index (χ3v) is 4.23. The topological polar surface area (TPSA) is 54.0 Å². The first-order valence-corrected chi connectivity index (χ1v) is 7.66. The molecule has 2 aromatic rings. The molecule has 21 heavy (non-hydrogen) atoms. The lowest BCUT2D eigenvalue weighted by Gasteiger charge is -2.10. The molecule has 4 nitrogen and oxygen atoms in total. The summed E-state index contributed by atoms with van der Waals surface area (Å²) in [5.74, 6) is 0.325. The Morgan fingerprint density at radius 2 is 2.19 bits per heavy atom. The minimum atomic E-state index is -0.251. The zero-order valence-electron chi connectivity index (χ0n) is 11.7. The Labute approximate surface area is 137 Å². The molecule has 0 radical (unpaired) electrons. The van der Waals surface area contributed by atoms with Gasteiger partial charge in [0.2, 0.25) is 0 Å². The number of rotatable bonds is 4. The van der Waals surface area contributed by atoms with Gasteiger partial charge >= 0.3 is 0 Å². The Morgan fingerprint density at radius 3 is 2.86 bits per heavy atom. The lowest BCUT2D eigenvalue weighted by Crippen LogP contribution is -2.13. The molecule has 0 bridgehead atoms. The van der Waals surface area contributed by atoms with Crippen LogP contribution in [0.3, 0.4) is 0 Å². The van der Waals surface area contributed by atoms with Gasteiger partial charge in [-0.3, -0.25) is 4.79 Å². The SMILES string of the molecule is CCNc1ncc(C(=O)Nc2cccc(C)c2Br)cc1Cl. The minimum Gasteiger partial charge on any atom is -0.369 e. The van der Waals surface area contributed by atoms with E-state index in [2.05, 4.69) is 31.5 Å². The molecule has 2 N–H and O–H groups in total. The monoisotopic (exact) mass is 367 g/mol. The van der Waals surface area contributed by atoms with Crippen molar-refractivity contribution in [1.82, 2.24) is 4.98 Å². The van der Waals surface area contributed by atoms with Gasteiger partial charge in [-0.05, 0) is 47.5 Å². The van der Waals surface area contributed by atoms with Gasteiger partial charge in [-0.2, -0.15) is 0 Å². The van der Waals surface area contributed by atoms with Crippen molar-refractivity contribution < 1.29 is 4.79 Å². The Kier molecular flexibility index (Phi) is 5.20. The van der Waals surface area contributed by atoms with E-state index in [1.165, 1.54) is 6.20 Å². The standard InChI is InChI=1S/C15H15BrClN3O/c1-3-18-14-11(17)7-10(8-19-14)15(21)20-12-6-4-5-9(2)13(12)16/h4-8H,3H2,1-2H3,(H,18,19)(H,20,21). The highest BCUT2D eigenvalue weighted by Crippen LogP contribution is 2.26. The molecule has 1 amide bonds. The van der Waals surface area contributed by atoms with E-state index in [0.29, 0.717) is 28.6 Å². The number of carbonyl (C=O) groups excluding carboxylic acids is 1. The molecule has 0 spiro atoms. The van der Waals surface area contributed by atoms with Crippen LogP contribution in [0, 0.1) is 6.92 Å². The van der Waals surface area contributed by atoms with Crippen LogP contribution in [0.1, 0.15) is 22.8 Å². The van der Waals surface area contributed by atoms with Crippen LogP contribution in [0.5, 0.6) is 0 Å². The number of hydrogen-bond donors (Lipinski definition) is 2. The van der Waals surface area contributed by atoms with E-state index in [4.69, 9.17) is 11.6 Å². The smallest absolute Gasteiger partial charge is 0.257 e. The van der Waals surface area contributed by atoms with Gasteiger partial charge in [0.1, 0.15) is 5.82 Å². The zero-order valence-corrected chi connectivity index (χ0v) is 14.0. The van der Waals surface area contributed by atoms with Crippen LogP contribution in [0.25, 0.3) is 0 Å². The summed E-state index contributed by atoms with van der Waals surface area (Å²) in [6, 6.07) is 7.28. The average molecular weight is 369 g/mol. The number of pyridine rings is 1. The molecule has 0 fully saturated rings. The largest absolute Gasteiger partial charge is 0.369 e. The highest BCUT2D eigenvalue weighted by atomic mass is 79.9. The third-order valence-electron chi connectivity index (χ3n) is 2.89. The molecule has 0 atom stereocenters. The van der Waals surface area contributed by atoms with Gasteiger partial charge in [-0.1, -0.05) is 23.7 Å². The molecule has 110 valence electrons. The molecule has 0 aliphatic rings. The molecular weight excluding hydrogens is 354 g/mol. The Hall–Kier alpha value is -1.59. The van der Waals surface area contributed by atoms with Gasteiger partial charge in [0.15, 0.2) is 0 Å². The second-order valence-electron chi connectivity index (χ2n) is 4.48. The van der Waals surface area contributed by atoms with Crippen LogP contribution < -0.4 is 10.6 Å². The van der Waals surface area contributed by atoms with Crippen molar-refractivity contribution in [2.24, 2.45) is 0 Å². The van der Waals surface area contributed by atoms with Crippen LogP contribution >= 0.6 is 27.5 Å². The summed E-state index contributed by atoms with van der Waals surface area (Å²) in [6.45, 7) is 4.63. The summed E-state index contributed by atoms with van der Waals surface area (Å²) in [7, 11) is 0. The highest BCUT2D eigenvalue weighted by molar-refractivity contribution is 9.10. The minimum absolute atomic E-state index is 0.251. The van der Waals surface area contributed by atoms with E-state index in [0.717, 1.165) is 10.0 Å². The van der Waals surface area contributed by atoms with E-state index in [1.54, 1.807) is 6.07 Å². The van der Waals surface area contributed by atoms with Gasteiger partial charge in [-0.25, -0.2) is 4.98 Å². The molecule has 1 aromatic carbocycles. The van der Waals surface area contributed by atoms with Crippen molar-refractivity contribution in [2.75, 3.05) is 17.2 Å². The summed E-state index contributed by atoms with van der Waals surface area (Å²) >= 11 is 9.56. The van der Waals surface area contributed by atoms with Crippen molar-refractivity contribution >= 4 is 44.9 Å². The normalized spacial score (nSPS) is 10.3. The zero-order chi connectivity index (χ0) is 15.4. The van der Waals surface area contributed by atoms with Crippen molar-refractivity contribution in [1.29, 1.82) is 0 Å². The van der Waals surface area contributed by atoms with Crippen molar-refractivity contribution in [3.63, 3.8) is 0 Å². The van der Waals surface area contributed by atoms with Crippen LogP contribution in [-0.2, 0) is 0 Å². The molecule has 6 heteroatoms. The number of halogens is 2. The molecule has 0 unspecified atom stereocenters. The van der Waals surface area contributed by atoms with E-state index in [-0.39, 0.29) is 5.91 Å². The van der Waals surface area contributed by atoms with E-state index in [9.17, 15) is 4.79 Å². The number of benzene rings is 1. The third kappa shape index (κ3) is 3.74. The van der Waals surface area contributed by atoms with Crippen LogP contribution in [0.4, 0.5) is 11.5 Å². The predicted octanol–water partition coefficient (Wildman–Crippen LogP) is 4.49. The quantitative estimate of drug-likeness (QED) is 0.836. The fraction of sp³-hybridized carbons (Fsp3) is 0.200. The van der Waals surface area contributed by atoms with Gasteiger partial charge in [0.25, 0.3) is 5.91 Å². The summed E-state index contributed by atoms with van der Waals surface area (Å²) < 4.78 is 0.863. The number of hydrogen-bond acceptors (Lipinski definition) is 3. The van der Waals surface area contributed by atoms with E-state index >= 15 is 0 Å². The Bertz CT molecular complexity index is 676. The molecule has 0 saturated carbocycles. The number of aryl methyl sites for hydroxylation is 1. The summed E-state index contributed by atoms with van der Waals surface area (Å²) in [6.07, 6.45) is 1.50. The first-order chi connectivity index (χ1) is 10.0. The van der Waals surface area contributed by atoms with Crippen LogP contribution in [0.2, 0.25) is 5.02 Å². The second-order valence-corrected chi connectivity index (χ2v) is 5.68. The summed E-state index contributed by atoms with van der Waals surface area (Å²) in [5.41, 5.74) is 2.17. The first-order valence-electron chi connectivity index (χ1n) is 6.48. The number of nitrogens with one attached hydrogen (secondary N) is 2. The number of amides is 1. The van der Waals surface area contributed by atoms with Gasteiger partial charge < -0.3 is 10.6 Å². The molecular formula is C15H15BrClN3O. The number of anilines is 2. The number of aromatic nitrogens is 1. The number of nitrogens with zero attached hydrogens (tertiary/aromatic N) is 1. The predicted molar refractivity (Wildman–Crippen MR) is 90.2 cm³/mol. The maximum atomic E-state index is 12.2. The van der Waals surface area contributed by atoms with Crippen LogP contribution in [0.15, 0.2) is 34.9 Å². The maximum absolute atomic E-state index is 12.2. The molecule has 0 aliphatic carbocycles. The van der Waals surface area contributed by atoms with Crippen molar-refractivity contribution in [2.45, 2.75) is 13.8 Å². The van der Waals surface area contributed by atoms with E-state index in [1.807, 2.05) is 32.0 Å². The van der Waals surface area contributed by atoms with Gasteiger partial charge in [-0.15, -0.1) is 0 Å². The molecule has 1 heterocycles. The van der Waals surface area contributed by atoms with Crippen LogP contribution in [-0.4, -0.2) is 17.4 Å². The summed E-state index contributed by atoms with van der Waals surface area (Å²) in [5, 5.41) is 6.29. The Morgan fingerprint density at radius 1 is 1.43 bits per heavy atom. The fourth-order valence-electron chi connectivity index (χ4n) is 1.80. The molecule has 0 aliphatic heterocycles. The van der Waals surface area contributed by atoms with Crippen molar-refractivity contribution in [3.8, 4) is 0 Å². The molecule has 2 rings (SSSR count). The Balaban J connectivity index is 2.21. The average Bonchev–Trinajstić information content (AvgIpc) is 2.46. The lowest BCUT2D eigenvalue weighted by molar-refractivity contribution is 0.102. The van der Waals surface area contributed by atoms with E-state index < -0.39 is 0 Å².